The summed E-state index contributed by atoms with van der Waals surface area (Å²) in [6, 6.07) is 6.05. The van der Waals surface area contributed by atoms with Gasteiger partial charge in [0.2, 0.25) is 0 Å². The van der Waals surface area contributed by atoms with Crippen LogP contribution in [0, 0.1) is 15.9 Å². The van der Waals surface area contributed by atoms with Crippen molar-refractivity contribution in [1.29, 1.82) is 0 Å². The molecule has 0 fully saturated rings. The van der Waals surface area contributed by atoms with E-state index in [0.717, 1.165) is 17.5 Å². The van der Waals surface area contributed by atoms with Crippen molar-refractivity contribution in [2.24, 2.45) is 0 Å². The van der Waals surface area contributed by atoms with E-state index >= 15 is 0 Å². The predicted molar refractivity (Wildman–Crippen MR) is 75.8 cm³/mol. The molecule has 8 nitrogen and oxygen atoms in total. The fourth-order valence-electron chi connectivity index (χ4n) is 1.66. The first-order chi connectivity index (χ1) is 10.6. The first kappa shape index (κ1) is 14.1. The molecular formula is C12H8FN5O3S. The van der Waals surface area contributed by atoms with Gasteiger partial charge in [-0.1, -0.05) is 17.3 Å². The number of nitrogens with one attached hydrogen (secondary N) is 1. The van der Waals surface area contributed by atoms with Crippen LogP contribution >= 0.6 is 11.3 Å². The second-order valence-corrected chi connectivity index (χ2v) is 5.12. The summed E-state index contributed by atoms with van der Waals surface area (Å²) in [5.41, 5.74) is 0.214. The molecule has 0 aliphatic rings. The van der Waals surface area contributed by atoms with E-state index in [9.17, 15) is 14.5 Å². The largest absolute Gasteiger partial charge is 0.354 e. The maximum Gasteiger partial charge on any atom is 0.345 e. The molecule has 0 saturated heterocycles. The second kappa shape index (κ2) is 5.85. The van der Waals surface area contributed by atoms with Gasteiger partial charge in [0.25, 0.3) is 5.89 Å². The number of anilines is 1. The van der Waals surface area contributed by atoms with E-state index in [4.69, 9.17) is 4.52 Å². The van der Waals surface area contributed by atoms with Crippen molar-refractivity contribution < 1.29 is 13.8 Å². The van der Waals surface area contributed by atoms with Crippen molar-refractivity contribution in [2.75, 3.05) is 5.32 Å². The quantitative estimate of drug-likeness (QED) is 0.568. The van der Waals surface area contributed by atoms with Crippen LogP contribution in [0.15, 0.2) is 35.0 Å². The first-order valence-corrected chi connectivity index (χ1v) is 6.86. The SMILES string of the molecule is O=[N+]([O-])c1cnc(NCc2noc(-c3ccccc3F)n2)s1. The van der Waals surface area contributed by atoms with Crippen LogP contribution in [0.2, 0.25) is 0 Å². The van der Waals surface area contributed by atoms with E-state index in [1.54, 1.807) is 12.1 Å². The van der Waals surface area contributed by atoms with Gasteiger partial charge in [-0.05, 0) is 23.5 Å². The highest BCUT2D eigenvalue weighted by Gasteiger charge is 2.14. The molecule has 0 saturated carbocycles. The lowest BCUT2D eigenvalue weighted by atomic mass is 10.2. The minimum atomic E-state index is -0.520. The fourth-order valence-corrected chi connectivity index (χ4v) is 2.28. The number of halogens is 1. The molecule has 1 N–H and O–H groups in total. The van der Waals surface area contributed by atoms with Gasteiger partial charge in [0.1, 0.15) is 12.0 Å². The summed E-state index contributed by atoms with van der Waals surface area (Å²) in [7, 11) is 0. The summed E-state index contributed by atoms with van der Waals surface area (Å²) in [6.45, 7) is 0.155. The number of nitro groups is 1. The zero-order chi connectivity index (χ0) is 15.5. The number of hydrogen-bond acceptors (Lipinski definition) is 8. The lowest BCUT2D eigenvalue weighted by molar-refractivity contribution is -0.380. The van der Waals surface area contributed by atoms with Crippen molar-refractivity contribution >= 4 is 21.5 Å². The fraction of sp³-hybridized carbons (Fsp3) is 0.0833. The van der Waals surface area contributed by atoms with Gasteiger partial charge in [-0.3, -0.25) is 10.1 Å². The lowest BCUT2D eigenvalue weighted by Crippen LogP contribution is -2.00. The Morgan fingerprint density at radius 2 is 2.23 bits per heavy atom. The number of nitrogens with zero attached hydrogens (tertiary/aromatic N) is 4. The van der Waals surface area contributed by atoms with Crippen LogP contribution in [0.5, 0.6) is 0 Å². The van der Waals surface area contributed by atoms with Crippen molar-refractivity contribution in [3.8, 4) is 11.5 Å². The number of thiazole rings is 1. The van der Waals surface area contributed by atoms with E-state index in [1.165, 1.54) is 12.1 Å². The van der Waals surface area contributed by atoms with E-state index in [1.807, 2.05) is 0 Å². The highest BCUT2D eigenvalue weighted by Crippen LogP contribution is 2.25. The third kappa shape index (κ3) is 2.91. The molecule has 2 heterocycles. The van der Waals surface area contributed by atoms with Crippen LogP contribution in [-0.4, -0.2) is 20.0 Å². The molecule has 0 aliphatic carbocycles. The molecule has 0 aliphatic heterocycles. The van der Waals surface area contributed by atoms with Gasteiger partial charge in [-0.2, -0.15) is 4.98 Å². The predicted octanol–water partition coefficient (Wildman–Crippen LogP) is 2.85. The molecule has 0 spiro atoms. The molecule has 112 valence electrons. The second-order valence-electron chi connectivity index (χ2n) is 4.11. The van der Waals surface area contributed by atoms with Gasteiger partial charge in [-0.25, -0.2) is 9.37 Å². The van der Waals surface area contributed by atoms with Gasteiger partial charge < -0.3 is 9.84 Å². The van der Waals surface area contributed by atoms with Crippen molar-refractivity contribution in [3.05, 3.63) is 52.2 Å². The normalized spacial score (nSPS) is 10.6. The Bertz CT molecular complexity index is 818. The molecule has 0 unspecified atom stereocenters. The molecule has 22 heavy (non-hydrogen) atoms. The van der Waals surface area contributed by atoms with Crippen molar-refractivity contribution in [1.82, 2.24) is 15.1 Å². The van der Waals surface area contributed by atoms with Crippen LogP contribution in [0.25, 0.3) is 11.5 Å². The Labute approximate surface area is 126 Å². The highest BCUT2D eigenvalue weighted by molar-refractivity contribution is 7.18. The molecule has 0 atom stereocenters. The van der Waals surface area contributed by atoms with Crippen LogP contribution in [-0.2, 0) is 6.54 Å². The minimum absolute atomic E-state index is 0.0670. The summed E-state index contributed by atoms with van der Waals surface area (Å²) in [6.07, 6.45) is 1.16. The Morgan fingerprint density at radius 3 is 2.95 bits per heavy atom. The van der Waals surface area contributed by atoms with Gasteiger partial charge >= 0.3 is 5.00 Å². The van der Waals surface area contributed by atoms with Gasteiger partial charge in [0, 0.05) is 0 Å². The average Bonchev–Trinajstić information content (AvgIpc) is 3.15. The monoisotopic (exact) mass is 321 g/mol. The number of benzene rings is 1. The summed E-state index contributed by atoms with van der Waals surface area (Å²) >= 11 is 0.898. The van der Waals surface area contributed by atoms with E-state index in [-0.39, 0.29) is 28.8 Å². The summed E-state index contributed by atoms with van der Waals surface area (Å²) in [5, 5.41) is 17.4. The number of hydrogen-bond donors (Lipinski definition) is 1. The molecular weight excluding hydrogens is 313 g/mol. The average molecular weight is 321 g/mol. The van der Waals surface area contributed by atoms with Crippen molar-refractivity contribution in [3.63, 3.8) is 0 Å². The Kier molecular flexibility index (Phi) is 3.74. The van der Waals surface area contributed by atoms with Gasteiger partial charge in [0.15, 0.2) is 11.0 Å². The number of rotatable bonds is 5. The minimum Gasteiger partial charge on any atom is -0.354 e. The standard InChI is InChI=1S/C12H8FN5O3S/c13-8-4-2-1-3-7(8)11-16-9(17-21-11)5-14-12-15-6-10(22-12)18(19)20/h1-4,6H,5H2,(H,14,15). The topological polar surface area (TPSA) is 107 Å². The summed E-state index contributed by atoms with van der Waals surface area (Å²) in [4.78, 5) is 17.9. The molecule has 0 bridgehead atoms. The highest BCUT2D eigenvalue weighted by atomic mass is 32.1. The van der Waals surface area contributed by atoms with E-state index < -0.39 is 10.7 Å². The Morgan fingerprint density at radius 1 is 1.41 bits per heavy atom. The van der Waals surface area contributed by atoms with Crippen LogP contribution < -0.4 is 5.32 Å². The maximum absolute atomic E-state index is 13.6. The Balaban J connectivity index is 1.69. The van der Waals surface area contributed by atoms with E-state index in [2.05, 4.69) is 20.4 Å². The summed E-state index contributed by atoms with van der Waals surface area (Å²) < 4.78 is 18.6. The third-order valence-electron chi connectivity index (χ3n) is 2.64. The molecule has 10 heteroatoms. The molecule has 3 rings (SSSR count). The van der Waals surface area contributed by atoms with Gasteiger partial charge in [0.05, 0.1) is 17.0 Å². The molecule has 1 aromatic carbocycles. The molecule has 0 amide bonds. The first-order valence-electron chi connectivity index (χ1n) is 6.05. The third-order valence-corrected chi connectivity index (χ3v) is 3.55. The number of aromatic nitrogens is 3. The zero-order valence-electron chi connectivity index (χ0n) is 10.9. The van der Waals surface area contributed by atoms with Crippen LogP contribution in [0.1, 0.15) is 5.82 Å². The summed E-state index contributed by atoms with van der Waals surface area (Å²) in [5.74, 6) is -0.0997. The van der Waals surface area contributed by atoms with Crippen LogP contribution in [0.3, 0.4) is 0 Å². The molecule has 0 radical (unpaired) electrons. The van der Waals surface area contributed by atoms with Crippen molar-refractivity contribution in [2.45, 2.75) is 6.54 Å². The van der Waals surface area contributed by atoms with Crippen LogP contribution in [0.4, 0.5) is 14.5 Å². The molecule has 3 aromatic rings. The van der Waals surface area contributed by atoms with E-state index in [0.29, 0.717) is 5.13 Å². The Hall–Kier alpha value is -2.88. The zero-order valence-corrected chi connectivity index (χ0v) is 11.7. The molecule has 2 aromatic heterocycles. The lowest BCUT2D eigenvalue weighted by Gasteiger charge is -1.96. The van der Waals surface area contributed by atoms with Gasteiger partial charge in [-0.15, -0.1) is 0 Å². The maximum atomic E-state index is 13.6. The smallest absolute Gasteiger partial charge is 0.345 e.